The lowest BCUT2D eigenvalue weighted by Crippen LogP contribution is -2.28. The number of hydrogen-bond donors (Lipinski definition) is 1. The van der Waals surface area contributed by atoms with Crippen LogP contribution >= 0.6 is 11.8 Å². The number of nitrogens with zero attached hydrogens (tertiary/aromatic N) is 2. The van der Waals surface area contributed by atoms with Crippen LogP contribution in [0, 0.1) is 13.8 Å². The second kappa shape index (κ2) is 7.08. The molecule has 0 saturated carbocycles. The number of methoxy groups -OCH3 is 1. The van der Waals surface area contributed by atoms with Gasteiger partial charge in [-0.25, -0.2) is 9.97 Å². The molecule has 1 aromatic heterocycles. The van der Waals surface area contributed by atoms with Crippen molar-refractivity contribution in [2.24, 2.45) is 0 Å². The Morgan fingerprint density at radius 1 is 1.32 bits per heavy atom. The predicted octanol–water partition coefficient (Wildman–Crippen LogP) is 1.11. The van der Waals surface area contributed by atoms with Crippen LogP contribution in [0.1, 0.15) is 28.3 Å². The number of carbonyl (C=O) groups is 2. The van der Waals surface area contributed by atoms with Crippen molar-refractivity contribution in [3.8, 4) is 0 Å². The Bertz CT molecular complexity index is 491. The lowest BCUT2D eigenvalue weighted by Gasteiger charge is -2.10. The van der Waals surface area contributed by atoms with Gasteiger partial charge in [-0.3, -0.25) is 9.59 Å². The maximum Gasteiger partial charge on any atom is 0.307 e. The zero-order valence-corrected chi connectivity index (χ0v) is 12.3. The van der Waals surface area contributed by atoms with Crippen LogP contribution in [-0.4, -0.2) is 41.8 Å². The molecule has 0 radical (unpaired) electrons. The van der Waals surface area contributed by atoms with Crippen LogP contribution in [0.25, 0.3) is 0 Å². The van der Waals surface area contributed by atoms with Crippen LogP contribution in [0.2, 0.25) is 0 Å². The third-order valence-electron chi connectivity index (χ3n) is 2.43. The molecule has 6 nitrogen and oxygen atoms in total. The van der Waals surface area contributed by atoms with E-state index in [0.29, 0.717) is 22.1 Å². The first-order chi connectivity index (χ1) is 8.99. The first-order valence-corrected chi connectivity index (χ1v) is 6.96. The summed E-state index contributed by atoms with van der Waals surface area (Å²) >= 11 is 1.39. The van der Waals surface area contributed by atoms with E-state index in [1.807, 2.05) is 6.26 Å². The molecule has 0 fully saturated rings. The van der Waals surface area contributed by atoms with E-state index >= 15 is 0 Å². The van der Waals surface area contributed by atoms with Crippen LogP contribution in [0.3, 0.4) is 0 Å². The van der Waals surface area contributed by atoms with Crippen LogP contribution in [-0.2, 0) is 9.53 Å². The molecule has 0 aliphatic rings. The molecule has 0 unspecified atom stereocenters. The summed E-state index contributed by atoms with van der Waals surface area (Å²) in [7, 11) is 1.31. The standard InChI is InChI=1S/C12H17N3O3S/c1-7-10(12(19-4)15-8(2)14-7)11(17)13-6-5-9(16)18-3/h5-6H2,1-4H3,(H,13,17). The van der Waals surface area contributed by atoms with Crippen LogP contribution in [0.5, 0.6) is 0 Å². The molecule has 0 saturated heterocycles. The highest BCUT2D eigenvalue weighted by atomic mass is 32.2. The Labute approximate surface area is 116 Å². The maximum absolute atomic E-state index is 12.1. The Morgan fingerprint density at radius 2 is 2.00 bits per heavy atom. The van der Waals surface area contributed by atoms with E-state index in [9.17, 15) is 9.59 Å². The first kappa shape index (κ1) is 15.4. The van der Waals surface area contributed by atoms with Gasteiger partial charge in [0, 0.05) is 6.54 Å². The van der Waals surface area contributed by atoms with Crippen molar-refractivity contribution < 1.29 is 14.3 Å². The molecule has 1 amide bonds. The second-order valence-electron chi connectivity index (χ2n) is 3.82. The first-order valence-electron chi connectivity index (χ1n) is 5.73. The Kier molecular flexibility index (Phi) is 5.75. The number of carbonyl (C=O) groups excluding carboxylic acids is 2. The molecule has 0 aliphatic carbocycles. The van der Waals surface area contributed by atoms with Gasteiger partial charge in [-0.2, -0.15) is 0 Å². The summed E-state index contributed by atoms with van der Waals surface area (Å²) in [6.45, 7) is 3.78. The fourth-order valence-corrected chi connectivity index (χ4v) is 2.23. The summed E-state index contributed by atoms with van der Waals surface area (Å²) in [6.07, 6.45) is 2.00. The van der Waals surface area contributed by atoms with Crippen molar-refractivity contribution in [2.75, 3.05) is 19.9 Å². The topological polar surface area (TPSA) is 81.2 Å². The number of aryl methyl sites for hydroxylation is 2. The zero-order chi connectivity index (χ0) is 14.4. The molecule has 1 heterocycles. The lowest BCUT2D eigenvalue weighted by molar-refractivity contribution is -0.140. The molecule has 0 bridgehead atoms. The third-order valence-corrected chi connectivity index (χ3v) is 3.11. The Balaban J connectivity index is 2.79. The molecule has 1 N–H and O–H groups in total. The number of rotatable bonds is 5. The minimum Gasteiger partial charge on any atom is -0.469 e. The minimum atomic E-state index is -0.359. The number of nitrogens with one attached hydrogen (secondary N) is 1. The maximum atomic E-state index is 12.1. The van der Waals surface area contributed by atoms with Crippen LogP contribution in [0.15, 0.2) is 5.03 Å². The molecular formula is C12H17N3O3S. The van der Waals surface area contributed by atoms with Gasteiger partial charge in [0.2, 0.25) is 0 Å². The fraction of sp³-hybridized carbons (Fsp3) is 0.500. The van der Waals surface area contributed by atoms with Gasteiger partial charge in [0.05, 0.1) is 24.8 Å². The highest BCUT2D eigenvalue weighted by Gasteiger charge is 2.17. The van der Waals surface area contributed by atoms with Crippen molar-refractivity contribution in [1.82, 2.24) is 15.3 Å². The van der Waals surface area contributed by atoms with Gasteiger partial charge in [-0.1, -0.05) is 0 Å². The van der Waals surface area contributed by atoms with Gasteiger partial charge in [0.1, 0.15) is 10.9 Å². The number of aromatic nitrogens is 2. The molecule has 19 heavy (non-hydrogen) atoms. The Morgan fingerprint density at radius 3 is 2.58 bits per heavy atom. The van der Waals surface area contributed by atoms with Gasteiger partial charge in [-0.05, 0) is 20.1 Å². The van der Waals surface area contributed by atoms with Gasteiger partial charge < -0.3 is 10.1 Å². The van der Waals surface area contributed by atoms with Crippen molar-refractivity contribution in [2.45, 2.75) is 25.3 Å². The number of ether oxygens (including phenoxy) is 1. The van der Waals surface area contributed by atoms with Gasteiger partial charge in [-0.15, -0.1) is 11.8 Å². The van der Waals surface area contributed by atoms with Crippen LogP contribution in [0.4, 0.5) is 0 Å². The molecule has 0 aromatic carbocycles. The molecule has 7 heteroatoms. The van der Waals surface area contributed by atoms with E-state index in [0.717, 1.165) is 0 Å². The monoisotopic (exact) mass is 283 g/mol. The van der Waals surface area contributed by atoms with Gasteiger partial charge in [0.15, 0.2) is 0 Å². The second-order valence-corrected chi connectivity index (χ2v) is 4.62. The van der Waals surface area contributed by atoms with Gasteiger partial charge >= 0.3 is 5.97 Å². The number of thioether (sulfide) groups is 1. The summed E-state index contributed by atoms with van der Waals surface area (Å²) in [5.41, 5.74) is 1.09. The lowest BCUT2D eigenvalue weighted by atomic mass is 10.2. The average Bonchev–Trinajstić information content (AvgIpc) is 2.37. The molecule has 104 valence electrons. The number of esters is 1. The number of hydrogen-bond acceptors (Lipinski definition) is 6. The van der Waals surface area contributed by atoms with E-state index in [2.05, 4.69) is 20.0 Å². The van der Waals surface area contributed by atoms with Crippen molar-refractivity contribution in [3.63, 3.8) is 0 Å². The smallest absolute Gasteiger partial charge is 0.307 e. The summed E-state index contributed by atoms with van der Waals surface area (Å²) in [4.78, 5) is 31.4. The van der Waals surface area contributed by atoms with E-state index in [4.69, 9.17) is 0 Å². The summed E-state index contributed by atoms with van der Waals surface area (Å²) in [6, 6.07) is 0. The molecule has 0 spiro atoms. The molecule has 1 rings (SSSR count). The summed E-state index contributed by atoms with van der Waals surface area (Å²) in [5.74, 6) is 0.000909. The highest BCUT2D eigenvalue weighted by molar-refractivity contribution is 7.98. The molecule has 1 aromatic rings. The molecule has 0 atom stereocenters. The quantitative estimate of drug-likeness (QED) is 0.495. The van der Waals surface area contributed by atoms with Crippen molar-refractivity contribution in [1.29, 1.82) is 0 Å². The molecular weight excluding hydrogens is 266 g/mol. The Hall–Kier alpha value is -1.63. The summed E-state index contributed by atoms with van der Waals surface area (Å²) in [5, 5.41) is 3.31. The van der Waals surface area contributed by atoms with Gasteiger partial charge in [0.25, 0.3) is 5.91 Å². The SMILES string of the molecule is COC(=O)CCNC(=O)c1c(C)nc(C)nc1SC. The van der Waals surface area contributed by atoms with E-state index < -0.39 is 0 Å². The third kappa shape index (κ3) is 4.20. The minimum absolute atomic E-state index is 0.141. The highest BCUT2D eigenvalue weighted by Crippen LogP contribution is 2.20. The largest absolute Gasteiger partial charge is 0.469 e. The number of amides is 1. The van der Waals surface area contributed by atoms with E-state index in [1.165, 1.54) is 18.9 Å². The summed E-state index contributed by atoms with van der Waals surface area (Å²) < 4.78 is 4.50. The predicted molar refractivity (Wildman–Crippen MR) is 72.3 cm³/mol. The fourth-order valence-electron chi connectivity index (χ4n) is 1.56. The molecule has 0 aliphatic heterocycles. The van der Waals surface area contributed by atoms with E-state index in [-0.39, 0.29) is 24.8 Å². The van der Waals surface area contributed by atoms with E-state index in [1.54, 1.807) is 13.8 Å². The van der Waals surface area contributed by atoms with Crippen LogP contribution < -0.4 is 5.32 Å². The van der Waals surface area contributed by atoms with Crippen molar-refractivity contribution >= 4 is 23.6 Å². The average molecular weight is 283 g/mol. The zero-order valence-electron chi connectivity index (χ0n) is 11.4. The van der Waals surface area contributed by atoms with Crippen molar-refractivity contribution in [3.05, 3.63) is 17.1 Å². The normalized spacial score (nSPS) is 10.1.